The summed E-state index contributed by atoms with van der Waals surface area (Å²) in [6.07, 6.45) is 0.263. The van der Waals surface area contributed by atoms with Crippen LogP contribution in [0, 0.1) is 0 Å². The van der Waals surface area contributed by atoms with E-state index in [-0.39, 0.29) is 24.3 Å². The van der Waals surface area contributed by atoms with E-state index in [2.05, 4.69) is 10.6 Å². The van der Waals surface area contributed by atoms with E-state index in [0.717, 1.165) is 5.56 Å². The molecule has 4 amide bonds. The number of nitrogens with one attached hydrogen (secondary N) is 2. The number of amides is 4. The maximum atomic E-state index is 12.1. The standard InChI is InChI=1S/C17H24N4O3/c1-14(22)20-9-11-21(12-10-20)16(23)7-8-18-17(24)19-13-15-5-3-2-4-6-15/h2-6H,7-13H2,1H3,(H2,18,19,24). The minimum Gasteiger partial charge on any atom is -0.339 e. The molecule has 7 nitrogen and oxygen atoms in total. The third kappa shape index (κ3) is 5.57. The molecule has 0 atom stereocenters. The van der Waals surface area contributed by atoms with Crippen LogP contribution < -0.4 is 10.6 Å². The average Bonchev–Trinajstić information content (AvgIpc) is 2.61. The fraction of sp³-hybridized carbons (Fsp3) is 0.471. The normalized spacial score (nSPS) is 14.2. The van der Waals surface area contributed by atoms with Gasteiger partial charge in [0.1, 0.15) is 0 Å². The van der Waals surface area contributed by atoms with Crippen molar-refractivity contribution in [3.05, 3.63) is 35.9 Å². The fourth-order valence-corrected chi connectivity index (χ4v) is 2.55. The summed E-state index contributed by atoms with van der Waals surface area (Å²) < 4.78 is 0. The van der Waals surface area contributed by atoms with Crippen molar-refractivity contribution in [3.8, 4) is 0 Å². The van der Waals surface area contributed by atoms with Crippen LogP contribution in [0.15, 0.2) is 30.3 Å². The van der Waals surface area contributed by atoms with Crippen molar-refractivity contribution in [3.63, 3.8) is 0 Å². The van der Waals surface area contributed by atoms with Gasteiger partial charge in [0.05, 0.1) is 0 Å². The average molecular weight is 332 g/mol. The van der Waals surface area contributed by atoms with Gasteiger partial charge >= 0.3 is 6.03 Å². The van der Waals surface area contributed by atoms with E-state index in [1.165, 1.54) is 6.92 Å². The molecule has 1 aliphatic heterocycles. The zero-order chi connectivity index (χ0) is 17.4. The van der Waals surface area contributed by atoms with Gasteiger partial charge in [0, 0.05) is 52.6 Å². The summed E-state index contributed by atoms with van der Waals surface area (Å²) in [6, 6.07) is 9.34. The van der Waals surface area contributed by atoms with Crippen molar-refractivity contribution >= 4 is 17.8 Å². The molecule has 7 heteroatoms. The summed E-state index contributed by atoms with van der Waals surface area (Å²) in [5.41, 5.74) is 1.02. The number of carbonyl (C=O) groups excluding carboxylic acids is 3. The number of rotatable bonds is 5. The summed E-state index contributed by atoms with van der Waals surface area (Å²) in [7, 11) is 0. The molecule has 0 aromatic heterocycles. The van der Waals surface area contributed by atoms with E-state index in [0.29, 0.717) is 39.3 Å². The monoisotopic (exact) mass is 332 g/mol. The number of hydrogen-bond acceptors (Lipinski definition) is 3. The van der Waals surface area contributed by atoms with Crippen LogP contribution in [0.2, 0.25) is 0 Å². The van der Waals surface area contributed by atoms with Crippen LogP contribution in [0.4, 0.5) is 4.79 Å². The van der Waals surface area contributed by atoms with E-state index in [1.54, 1.807) is 9.80 Å². The highest BCUT2D eigenvalue weighted by molar-refractivity contribution is 5.79. The molecule has 130 valence electrons. The zero-order valence-electron chi connectivity index (χ0n) is 14.0. The summed E-state index contributed by atoms with van der Waals surface area (Å²) in [6.45, 7) is 4.55. The lowest BCUT2D eigenvalue weighted by atomic mass is 10.2. The summed E-state index contributed by atoms with van der Waals surface area (Å²) in [5, 5.41) is 5.44. The van der Waals surface area contributed by atoms with Gasteiger partial charge in [-0.1, -0.05) is 30.3 Å². The lowest BCUT2D eigenvalue weighted by molar-refractivity contribution is -0.138. The molecular weight excluding hydrogens is 308 g/mol. The van der Waals surface area contributed by atoms with Crippen LogP contribution in [0.5, 0.6) is 0 Å². The Bertz CT molecular complexity index is 568. The van der Waals surface area contributed by atoms with Crippen molar-refractivity contribution in [1.29, 1.82) is 0 Å². The first-order valence-corrected chi connectivity index (χ1v) is 8.15. The van der Waals surface area contributed by atoms with Gasteiger partial charge in [-0.2, -0.15) is 0 Å². The van der Waals surface area contributed by atoms with Crippen LogP contribution in [0.3, 0.4) is 0 Å². The Balaban J connectivity index is 1.60. The van der Waals surface area contributed by atoms with Gasteiger partial charge in [-0.25, -0.2) is 4.79 Å². The van der Waals surface area contributed by atoms with E-state index in [9.17, 15) is 14.4 Å². The Morgan fingerprint density at radius 3 is 2.21 bits per heavy atom. The first-order chi connectivity index (χ1) is 11.6. The van der Waals surface area contributed by atoms with Gasteiger partial charge in [-0.3, -0.25) is 9.59 Å². The lowest BCUT2D eigenvalue weighted by Crippen LogP contribution is -2.50. The summed E-state index contributed by atoms with van der Waals surface area (Å²) in [4.78, 5) is 38.5. The van der Waals surface area contributed by atoms with Gasteiger partial charge in [-0.15, -0.1) is 0 Å². The molecule has 0 bridgehead atoms. The third-order valence-corrected chi connectivity index (χ3v) is 4.00. The van der Waals surface area contributed by atoms with E-state index >= 15 is 0 Å². The summed E-state index contributed by atoms with van der Waals surface area (Å²) in [5.74, 6) is 0.0421. The molecule has 0 spiro atoms. The highest BCUT2D eigenvalue weighted by Crippen LogP contribution is 2.03. The Labute approximate surface area is 142 Å². The predicted octanol–water partition coefficient (Wildman–Crippen LogP) is 0.567. The smallest absolute Gasteiger partial charge is 0.315 e. The minimum absolute atomic E-state index is 0.00145. The molecule has 0 aliphatic carbocycles. The van der Waals surface area contributed by atoms with Crippen LogP contribution >= 0.6 is 0 Å². The molecule has 0 saturated carbocycles. The Hall–Kier alpha value is -2.57. The number of benzene rings is 1. The Kier molecular flexibility index (Phi) is 6.60. The van der Waals surface area contributed by atoms with Gasteiger partial charge in [-0.05, 0) is 5.56 Å². The molecule has 1 saturated heterocycles. The van der Waals surface area contributed by atoms with Crippen molar-refractivity contribution in [1.82, 2.24) is 20.4 Å². The molecule has 1 aliphatic rings. The topological polar surface area (TPSA) is 81.8 Å². The van der Waals surface area contributed by atoms with E-state index < -0.39 is 0 Å². The molecule has 1 aromatic rings. The number of carbonyl (C=O) groups is 3. The second-order valence-electron chi connectivity index (χ2n) is 5.73. The molecule has 24 heavy (non-hydrogen) atoms. The molecule has 1 heterocycles. The van der Waals surface area contributed by atoms with Gasteiger partial charge in [0.2, 0.25) is 11.8 Å². The van der Waals surface area contributed by atoms with Gasteiger partial charge in [0.25, 0.3) is 0 Å². The molecule has 0 unspecified atom stereocenters. The first-order valence-electron chi connectivity index (χ1n) is 8.15. The van der Waals surface area contributed by atoms with Crippen LogP contribution in [-0.4, -0.2) is 60.4 Å². The largest absolute Gasteiger partial charge is 0.339 e. The number of nitrogens with zero attached hydrogens (tertiary/aromatic N) is 2. The van der Waals surface area contributed by atoms with Gasteiger partial charge < -0.3 is 20.4 Å². The maximum absolute atomic E-state index is 12.1. The fourth-order valence-electron chi connectivity index (χ4n) is 2.55. The van der Waals surface area contributed by atoms with Crippen LogP contribution in [-0.2, 0) is 16.1 Å². The zero-order valence-corrected chi connectivity index (χ0v) is 14.0. The van der Waals surface area contributed by atoms with Crippen molar-refractivity contribution in [2.45, 2.75) is 19.9 Å². The number of piperazine rings is 1. The molecule has 2 N–H and O–H groups in total. The molecule has 2 rings (SSSR count). The van der Waals surface area contributed by atoms with Crippen LogP contribution in [0.1, 0.15) is 18.9 Å². The Morgan fingerprint density at radius 1 is 0.958 bits per heavy atom. The van der Waals surface area contributed by atoms with E-state index in [4.69, 9.17) is 0 Å². The number of urea groups is 1. The predicted molar refractivity (Wildman–Crippen MR) is 90.1 cm³/mol. The molecule has 1 aromatic carbocycles. The molecular formula is C17H24N4O3. The highest BCUT2D eigenvalue weighted by Gasteiger charge is 2.21. The van der Waals surface area contributed by atoms with Crippen molar-refractivity contribution < 1.29 is 14.4 Å². The number of hydrogen-bond donors (Lipinski definition) is 2. The SMILES string of the molecule is CC(=O)N1CCN(C(=O)CCNC(=O)NCc2ccccc2)CC1. The summed E-state index contributed by atoms with van der Waals surface area (Å²) >= 11 is 0. The molecule has 1 fully saturated rings. The minimum atomic E-state index is -0.284. The molecule has 0 radical (unpaired) electrons. The second-order valence-corrected chi connectivity index (χ2v) is 5.73. The third-order valence-electron chi connectivity index (χ3n) is 4.00. The maximum Gasteiger partial charge on any atom is 0.315 e. The first kappa shape index (κ1) is 17.8. The van der Waals surface area contributed by atoms with Gasteiger partial charge in [0.15, 0.2) is 0 Å². The van der Waals surface area contributed by atoms with Crippen molar-refractivity contribution in [2.24, 2.45) is 0 Å². The highest BCUT2D eigenvalue weighted by atomic mass is 16.2. The van der Waals surface area contributed by atoms with Crippen molar-refractivity contribution in [2.75, 3.05) is 32.7 Å². The van der Waals surface area contributed by atoms with Crippen LogP contribution in [0.25, 0.3) is 0 Å². The lowest BCUT2D eigenvalue weighted by Gasteiger charge is -2.34. The quantitative estimate of drug-likeness (QED) is 0.827. The second kappa shape index (κ2) is 8.90. The Morgan fingerprint density at radius 2 is 1.58 bits per heavy atom. The van der Waals surface area contributed by atoms with E-state index in [1.807, 2.05) is 30.3 Å².